The van der Waals surface area contributed by atoms with E-state index in [4.69, 9.17) is 4.74 Å². The number of benzene rings is 3. The Morgan fingerprint density at radius 3 is 2.24 bits per heavy atom. The van der Waals surface area contributed by atoms with E-state index in [0.29, 0.717) is 5.56 Å². The van der Waals surface area contributed by atoms with Gasteiger partial charge in [0.15, 0.2) is 5.70 Å². The monoisotopic (exact) mass is 385 g/mol. The van der Waals surface area contributed by atoms with E-state index >= 15 is 0 Å². The van der Waals surface area contributed by atoms with Crippen molar-refractivity contribution in [3.8, 4) is 16.9 Å². The van der Waals surface area contributed by atoms with Crippen molar-refractivity contribution in [2.45, 2.75) is 0 Å². The zero-order valence-corrected chi connectivity index (χ0v) is 14.9. The first-order chi connectivity index (χ1) is 14.0. The molecule has 0 aliphatic carbocycles. The van der Waals surface area contributed by atoms with E-state index in [-0.39, 0.29) is 22.8 Å². The van der Waals surface area contributed by atoms with Crippen molar-refractivity contribution >= 4 is 23.6 Å². The third-order valence-corrected chi connectivity index (χ3v) is 4.36. The molecule has 7 nitrogen and oxygen atoms in total. The highest BCUT2D eigenvalue weighted by atomic mass is 16.6. The van der Waals surface area contributed by atoms with Gasteiger partial charge in [-0.2, -0.15) is 0 Å². The van der Waals surface area contributed by atoms with Gasteiger partial charge in [-0.3, -0.25) is 10.1 Å². The quantitative estimate of drug-likeness (QED) is 0.295. The summed E-state index contributed by atoms with van der Waals surface area (Å²) in [6.07, 6.45) is 1.20. The van der Waals surface area contributed by atoms with E-state index in [1.165, 1.54) is 6.08 Å². The number of nitro benzene ring substituents is 1. The Bertz CT molecular complexity index is 1170. The van der Waals surface area contributed by atoms with Crippen LogP contribution >= 0.6 is 0 Å². The van der Waals surface area contributed by atoms with E-state index in [2.05, 4.69) is 4.99 Å². The maximum absolute atomic E-state index is 12.1. The summed E-state index contributed by atoms with van der Waals surface area (Å²) in [5.41, 5.74) is 2.31. The van der Waals surface area contributed by atoms with Gasteiger partial charge in [0.05, 0.1) is 4.92 Å². The predicted octanol–water partition coefficient (Wildman–Crippen LogP) is 3.68. The first kappa shape index (κ1) is 18.1. The van der Waals surface area contributed by atoms with Crippen molar-refractivity contribution in [2.24, 2.45) is 4.99 Å². The van der Waals surface area contributed by atoms with Gasteiger partial charge >= 0.3 is 5.97 Å². The number of rotatable bonds is 4. The largest absolute Gasteiger partial charge is 0.872 e. The molecule has 0 radical (unpaired) electrons. The van der Waals surface area contributed by atoms with Crippen molar-refractivity contribution in [3.63, 3.8) is 0 Å². The number of non-ortho nitro benzene ring substituents is 1. The second-order valence-corrected chi connectivity index (χ2v) is 6.26. The summed E-state index contributed by atoms with van der Waals surface area (Å²) >= 11 is 0. The van der Waals surface area contributed by atoms with E-state index in [1.807, 2.05) is 42.5 Å². The molecule has 0 saturated heterocycles. The lowest BCUT2D eigenvalue weighted by Crippen LogP contribution is -2.05. The molecular weight excluding hydrogens is 372 g/mol. The minimum atomic E-state index is -0.724. The molecule has 4 rings (SSSR count). The van der Waals surface area contributed by atoms with Crippen molar-refractivity contribution < 1.29 is 19.6 Å². The Labute approximate surface area is 165 Å². The minimum absolute atomic E-state index is 0.00410. The van der Waals surface area contributed by atoms with Gasteiger partial charge in [0.2, 0.25) is 5.90 Å². The van der Waals surface area contributed by atoms with Gasteiger partial charge in [-0.05, 0) is 34.9 Å². The Hall–Kier alpha value is -4.26. The van der Waals surface area contributed by atoms with Crippen molar-refractivity contribution in [1.82, 2.24) is 0 Å². The molecule has 1 heterocycles. The number of ether oxygens (including phenoxy) is 1. The van der Waals surface area contributed by atoms with Crippen LogP contribution in [0, 0.1) is 10.1 Å². The first-order valence-corrected chi connectivity index (χ1v) is 8.65. The van der Waals surface area contributed by atoms with Crippen LogP contribution in [0.1, 0.15) is 11.1 Å². The predicted molar refractivity (Wildman–Crippen MR) is 105 cm³/mol. The molecule has 0 unspecified atom stereocenters. The Morgan fingerprint density at radius 1 is 0.897 bits per heavy atom. The summed E-state index contributed by atoms with van der Waals surface area (Å²) < 4.78 is 5.20. The highest BCUT2D eigenvalue weighted by molar-refractivity contribution is 6.13. The lowest BCUT2D eigenvalue weighted by atomic mass is 10.0. The van der Waals surface area contributed by atoms with Gasteiger partial charge < -0.3 is 9.84 Å². The summed E-state index contributed by atoms with van der Waals surface area (Å²) in [6, 6.07) is 20.4. The maximum Gasteiger partial charge on any atom is 0.363 e. The number of carbonyl (C=O) groups excluding carboxylic acids is 1. The molecule has 3 aromatic carbocycles. The average Bonchev–Trinajstić information content (AvgIpc) is 3.10. The zero-order chi connectivity index (χ0) is 20.4. The molecule has 142 valence electrons. The summed E-state index contributed by atoms with van der Waals surface area (Å²) in [4.78, 5) is 26.6. The van der Waals surface area contributed by atoms with Crippen LogP contribution in [-0.4, -0.2) is 16.8 Å². The van der Waals surface area contributed by atoms with Crippen LogP contribution in [0.4, 0.5) is 5.69 Å². The zero-order valence-electron chi connectivity index (χ0n) is 14.9. The molecule has 3 aromatic rings. The standard InChI is InChI=1S/C22H14N2O5/c25-20-11-10-18(24(27)28)12-17(20)13-19-22(26)29-21(23-19)16-8-6-15(7-9-16)14-4-2-1-3-5-14/h1-13,25H/p-1/b19-13+. The normalized spacial score (nSPS) is 14.6. The molecule has 0 fully saturated rings. The summed E-state index contributed by atoms with van der Waals surface area (Å²) in [5.74, 6) is -1.07. The fourth-order valence-corrected chi connectivity index (χ4v) is 2.88. The molecule has 0 atom stereocenters. The van der Waals surface area contributed by atoms with Gasteiger partial charge in [-0.1, -0.05) is 48.5 Å². The topological polar surface area (TPSA) is 105 Å². The summed E-state index contributed by atoms with van der Waals surface area (Å²) in [7, 11) is 0. The fraction of sp³-hybridized carbons (Fsp3) is 0. The van der Waals surface area contributed by atoms with E-state index in [1.54, 1.807) is 12.1 Å². The van der Waals surface area contributed by atoms with Crippen molar-refractivity contribution in [3.05, 3.63) is 99.7 Å². The molecule has 1 aliphatic rings. The lowest BCUT2D eigenvalue weighted by molar-refractivity contribution is -0.385. The van der Waals surface area contributed by atoms with Gasteiger partial charge in [0, 0.05) is 17.7 Å². The Kier molecular flexibility index (Phi) is 4.62. The summed E-state index contributed by atoms with van der Waals surface area (Å²) in [5, 5.41) is 22.8. The number of nitrogens with zero attached hydrogens (tertiary/aromatic N) is 2. The summed E-state index contributed by atoms with van der Waals surface area (Å²) in [6.45, 7) is 0. The SMILES string of the molecule is O=C1OC(c2ccc(-c3ccccc3)cc2)=N/C1=C/c1cc([N+](=O)[O-])ccc1[O-]. The number of nitro groups is 1. The van der Waals surface area contributed by atoms with Crippen LogP contribution < -0.4 is 5.11 Å². The number of carbonyl (C=O) groups is 1. The van der Waals surface area contributed by atoms with E-state index in [0.717, 1.165) is 29.3 Å². The molecule has 0 saturated carbocycles. The molecule has 29 heavy (non-hydrogen) atoms. The molecular formula is C22H13N2O5-. The van der Waals surface area contributed by atoms with Gasteiger partial charge in [0.25, 0.3) is 5.69 Å². The van der Waals surface area contributed by atoms with Gasteiger partial charge in [0.1, 0.15) is 0 Å². The van der Waals surface area contributed by atoms with Crippen LogP contribution in [0.15, 0.2) is 83.5 Å². The van der Waals surface area contributed by atoms with Crippen LogP contribution in [0.3, 0.4) is 0 Å². The first-order valence-electron chi connectivity index (χ1n) is 8.65. The third kappa shape index (κ3) is 3.74. The fourth-order valence-electron chi connectivity index (χ4n) is 2.88. The minimum Gasteiger partial charge on any atom is -0.872 e. The van der Waals surface area contributed by atoms with Crippen molar-refractivity contribution in [1.29, 1.82) is 0 Å². The Morgan fingerprint density at radius 2 is 1.55 bits per heavy atom. The number of aliphatic imine (C=N–C) groups is 1. The van der Waals surface area contributed by atoms with Crippen LogP contribution in [0.2, 0.25) is 0 Å². The van der Waals surface area contributed by atoms with E-state index in [9.17, 15) is 20.0 Å². The number of esters is 1. The van der Waals surface area contributed by atoms with Gasteiger partial charge in [-0.15, -0.1) is 5.75 Å². The Balaban J connectivity index is 1.63. The molecule has 0 N–H and O–H groups in total. The molecule has 0 amide bonds. The maximum atomic E-state index is 12.1. The smallest absolute Gasteiger partial charge is 0.363 e. The highest BCUT2D eigenvalue weighted by Gasteiger charge is 2.24. The number of cyclic esters (lactones) is 1. The van der Waals surface area contributed by atoms with E-state index < -0.39 is 16.6 Å². The second-order valence-electron chi connectivity index (χ2n) is 6.26. The average molecular weight is 385 g/mol. The van der Waals surface area contributed by atoms with Crippen molar-refractivity contribution in [2.75, 3.05) is 0 Å². The second kappa shape index (κ2) is 7.40. The number of hydrogen-bond acceptors (Lipinski definition) is 6. The molecule has 1 aliphatic heterocycles. The lowest BCUT2D eigenvalue weighted by Gasteiger charge is -2.09. The molecule has 7 heteroatoms. The number of hydrogen-bond donors (Lipinski definition) is 0. The van der Waals surface area contributed by atoms with Crippen LogP contribution in [0.5, 0.6) is 5.75 Å². The van der Waals surface area contributed by atoms with Crippen LogP contribution in [0.25, 0.3) is 17.2 Å². The molecule has 0 aromatic heterocycles. The molecule has 0 bridgehead atoms. The third-order valence-electron chi connectivity index (χ3n) is 4.36. The van der Waals surface area contributed by atoms with Crippen LogP contribution in [-0.2, 0) is 9.53 Å². The van der Waals surface area contributed by atoms with Gasteiger partial charge in [-0.25, -0.2) is 9.79 Å². The molecule has 0 spiro atoms. The highest BCUT2D eigenvalue weighted by Crippen LogP contribution is 2.26.